The van der Waals surface area contributed by atoms with Gasteiger partial charge in [0.2, 0.25) is 0 Å². The van der Waals surface area contributed by atoms with Crippen LogP contribution in [0.15, 0.2) is 45.2 Å². The highest BCUT2D eigenvalue weighted by Gasteiger charge is 2.12. The molecule has 2 aromatic rings. The fourth-order valence-corrected chi connectivity index (χ4v) is 2.79. The molecule has 2 rings (SSSR count). The number of H-pyrrole nitrogens is 1. The van der Waals surface area contributed by atoms with Gasteiger partial charge in [0, 0.05) is 16.7 Å². The number of aryl methyl sites for hydroxylation is 1. The number of aromatic nitrogens is 2. The monoisotopic (exact) mass is 276 g/mol. The van der Waals surface area contributed by atoms with E-state index in [2.05, 4.69) is 9.97 Å². The molecule has 1 unspecified atom stereocenters. The standard InChI is InChI=1S/C14H16N2O2S/c1-3-11(17)10-6-4-5-7-12(10)19-14-15-9(2)8-13(18)16-14/h4-8,11,17H,3H2,1-2H3,(H,15,16,18). The highest BCUT2D eigenvalue weighted by molar-refractivity contribution is 7.99. The maximum atomic E-state index is 11.4. The van der Waals surface area contributed by atoms with Gasteiger partial charge in [0.1, 0.15) is 0 Å². The Kier molecular flexibility index (Phi) is 4.39. The summed E-state index contributed by atoms with van der Waals surface area (Å²) in [5, 5.41) is 10.5. The van der Waals surface area contributed by atoms with E-state index < -0.39 is 6.10 Å². The van der Waals surface area contributed by atoms with Crippen LogP contribution in [0.2, 0.25) is 0 Å². The third-order valence-electron chi connectivity index (χ3n) is 2.72. The highest BCUT2D eigenvalue weighted by Crippen LogP contribution is 2.32. The SMILES string of the molecule is CCC(O)c1ccccc1Sc1nc(C)cc(=O)[nH]1. The molecular formula is C14H16N2O2S. The fraction of sp³-hybridized carbons (Fsp3) is 0.286. The van der Waals surface area contributed by atoms with E-state index in [-0.39, 0.29) is 5.56 Å². The maximum absolute atomic E-state index is 11.4. The molecule has 4 nitrogen and oxygen atoms in total. The molecule has 1 heterocycles. The lowest BCUT2D eigenvalue weighted by atomic mass is 10.1. The molecule has 0 radical (unpaired) electrons. The maximum Gasteiger partial charge on any atom is 0.251 e. The van der Waals surface area contributed by atoms with E-state index in [0.717, 1.165) is 10.5 Å². The third-order valence-corrected chi connectivity index (χ3v) is 3.70. The number of aromatic amines is 1. The molecule has 0 bridgehead atoms. The van der Waals surface area contributed by atoms with Gasteiger partial charge in [0.05, 0.1) is 6.10 Å². The number of hydrogen-bond donors (Lipinski definition) is 2. The molecule has 0 aliphatic carbocycles. The van der Waals surface area contributed by atoms with Crippen molar-refractivity contribution in [2.24, 2.45) is 0 Å². The number of aliphatic hydroxyl groups excluding tert-OH is 1. The molecule has 100 valence electrons. The Hall–Kier alpha value is -1.59. The van der Waals surface area contributed by atoms with E-state index in [4.69, 9.17) is 0 Å². The zero-order valence-corrected chi connectivity index (χ0v) is 11.7. The molecule has 0 aliphatic rings. The molecule has 0 saturated carbocycles. The summed E-state index contributed by atoms with van der Waals surface area (Å²) in [5.74, 6) is 0. The van der Waals surface area contributed by atoms with Gasteiger partial charge in [-0.3, -0.25) is 4.79 Å². The molecule has 1 aromatic carbocycles. The van der Waals surface area contributed by atoms with Gasteiger partial charge in [0.15, 0.2) is 5.16 Å². The van der Waals surface area contributed by atoms with Crippen LogP contribution in [-0.2, 0) is 0 Å². The Bertz CT molecular complexity index is 625. The largest absolute Gasteiger partial charge is 0.388 e. The van der Waals surface area contributed by atoms with Crippen LogP contribution >= 0.6 is 11.8 Å². The summed E-state index contributed by atoms with van der Waals surface area (Å²) in [4.78, 5) is 19.3. The predicted octanol–water partition coefficient (Wildman–Crippen LogP) is 2.67. The van der Waals surface area contributed by atoms with Gasteiger partial charge in [0.25, 0.3) is 5.56 Å². The van der Waals surface area contributed by atoms with Gasteiger partial charge >= 0.3 is 0 Å². The van der Waals surface area contributed by atoms with E-state index >= 15 is 0 Å². The van der Waals surface area contributed by atoms with E-state index in [9.17, 15) is 9.90 Å². The average Bonchev–Trinajstić information content (AvgIpc) is 2.37. The minimum atomic E-state index is -0.500. The second kappa shape index (κ2) is 6.04. The van der Waals surface area contributed by atoms with E-state index in [1.165, 1.54) is 17.8 Å². The minimum absolute atomic E-state index is 0.163. The molecule has 0 amide bonds. The Morgan fingerprint density at radius 3 is 2.84 bits per heavy atom. The molecule has 19 heavy (non-hydrogen) atoms. The Morgan fingerprint density at radius 1 is 1.42 bits per heavy atom. The van der Waals surface area contributed by atoms with Crippen LogP contribution in [0.25, 0.3) is 0 Å². The van der Waals surface area contributed by atoms with Crippen LogP contribution in [0, 0.1) is 6.92 Å². The van der Waals surface area contributed by atoms with Gasteiger partial charge in [-0.15, -0.1) is 0 Å². The molecule has 0 saturated heterocycles. The molecule has 5 heteroatoms. The van der Waals surface area contributed by atoms with Gasteiger partial charge in [-0.2, -0.15) is 0 Å². The molecule has 0 spiro atoms. The van der Waals surface area contributed by atoms with Crippen molar-refractivity contribution in [3.05, 3.63) is 51.9 Å². The number of benzene rings is 1. The lowest BCUT2D eigenvalue weighted by Crippen LogP contribution is -2.08. The van der Waals surface area contributed by atoms with Crippen molar-refractivity contribution in [1.82, 2.24) is 9.97 Å². The summed E-state index contributed by atoms with van der Waals surface area (Å²) in [5.41, 5.74) is 1.38. The number of nitrogens with one attached hydrogen (secondary N) is 1. The molecule has 0 aliphatic heterocycles. The minimum Gasteiger partial charge on any atom is -0.388 e. The molecular weight excluding hydrogens is 260 g/mol. The zero-order valence-electron chi connectivity index (χ0n) is 10.9. The summed E-state index contributed by atoms with van der Waals surface area (Å²) in [6.07, 6.45) is 0.148. The number of nitrogens with zero attached hydrogens (tertiary/aromatic N) is 1. The van der Waals surface area contributed by atoms with Crippen LogP contribution in [0.4, 0.5) is 0 Å². The Labute approximate surface area is 115 Å². The van der Waals surface area contributed by atoms with Gasteiger partial charge in [-0.1, -0.05) is 36.9 Å². The summed E-state index contributed by atoms with van der Waals surface area (Å²) in [6, 6.07) is 9.06. The Balaban J connectivity index is 2.35. The molecule has 1 aromatic heterocycles. The summed E-state index contributed by atoms with van der Waals surface area (Å²) < 4.78 is 0. The molecule has 2 N–H and O–H groups in total. The van der Waals surface area contributed by atoms with E-state index in [1.54, 1.807) is 6.92 Å². The highest BCUT2D eigenvalue weighted by atomic mass is 32.2. The average molecular weight is 276 g/mol. The fourth-order valence-electron chi connectivity index (χ4n) is 1.77. The first-order valence-electron chi connectivity index (χ1n) is 6.13. The van der Waals surface area contributed by atoms with Crippen molar-refractivity contribution >= 4 is 11.8 Å². The van der Waals surface area contributed by atoms with Crippen LogP contribution in [0.1, 0.15) is 30.7 Å². The smallest absolute Gasteiger partial charge is 0.251 e. The van der Waals surface area contributed by atoms with Crippen molar-refractivity contribution in [2.45, 2.75) is 36.4 Å². The lowest BCUT2D eigenvalue weighted by molar-refractivity contribution is 0.171. The van der Waals surface area contributed by atoms with Gasteiger partial charge in [-0.25, -0.2) is 4.98 Å². The van der Waals surface area contributed by atoms with Gasteiger partial charge in [-0.05, 0) is 25.0 Å². The first-order chi connectivity index (χ1) is 9.10. The lowest BCUT2D eigenvalue weighted by Gasteiger charge is -2.13. The van der Waals surface area contributed by atoms with Crippen molar-refractivity contribution in [3.63, 3.8) is 0 Å². The van der Waals surface area contributed by atoms with Crippen molar-refractivity contribution < 1.29 is 5.11 Å². The normalized spacial score (nSPS) is 12.4. The topological polar surface area (TPSA) is 66.0 Å². The molecule has 1 atom stereocenters. The van der Waals surface area contributed by atoms with Crippen LogP contribution < -0.4 is 5.56 Å². The summed E-state index contributed by atoms with van der Waals surface area (Å²) in [7, 11) is 0. The quantitative estimate of drug-likeness (QED) is 0.843. The van der Waals surface area contributed by atoms with Crippen LogP contribution in [0.3, 0.4) is 0 Å². The van der Waals surface area contributed by atoms with Crippen molar-refractivity contribution in [1.29, 1.82) is 0 Å². The third kappa shape index (κ3) is 3.45. The van der Waals surface area contributed by atoms with Crippen molar-refractivity contribution in [2.75, 3.05) is 0 Å². The van der Waals surface area contributed by atoms with Crippen LogP contribution in [-0.4, -0.2) is 15.1 Å². The number of hydrogen-bond acceptors (Lipinski definition) is 4. The first kappa shape index (κ1) is 13.8. The van der Waals surface area contributed by atoms with Gasteiger partial charge < -0.3 is 10.1 Å². The second-order valence-corrected chi connectivity index (χ2v) is 5.29. The zero-order chi connectivity index (χ0) is 13.8. The first-order valence-corrected chi connectivity index (χ1v) is 6.94. The molecule has 0 fully saturated rings. The number of rotatable bonds is 4. The van der Waals surface area contributed by atoms with E-state index in [0.29, 0.717) is 17.3 Å². The summed E-state index contributed by atoms with van der Waals surface area (Å²) in [6.45, 7) is 3.71. The van der Waals surface area contributed by atoms with Crippen molar-refractivity contribution in [3.8, 4) is 0 Å². The van der Waals surface area contributed by atoms with Crippen LogP contribution in [0.5, 0.6) is 0 Å². The van der Waals surface area contributed by atoms with E-state index in [1.807, 2.05) is 31.2 Å². The predicted molar refractivity (Wildman–Crippen MR) is 75.4 cm³/mol. The Morgan fingerprint density at radius 2 is 2.16 bits per heavy atom. The number of aliphatic hydroxyl groups is 1. The summed E-state index contributed by atoms with van der Waals surface area (Å²) >= 11 is 1.36. The second-order valence-electron chi connectivity index (χ2n) is 4.26.